The van der Waals surface area contributed by atoms with Gasteiger partial charge in [0.1, 0.15) is 10.6 Å². The Bertz CT molecular complexity index is 652. The Morgan fingerprint density at radius 2 is 1.91 bits per heavy atom. The number of nitrogens with two attached hydrogens (primary N) is 1. The molecular weight excluding hydrogens is 306 g/mol. The third-order valence-electron chi connectivity index (χ3n) is 3.70. The molecule has 1 aliphatic heterocycles. The maximum atomic E-state index is 12.8. The van der Waals surface area contributed by atoms with Crippen LogP contribution in [-0.2, 0) is 14.8 Å². The molecule has 0 bridgehead atoms. The number of methoxy groups -OCH3 is 1. The molecule has 1 heterocycles. The van der Waals surface area contributed by atoms with Crippen molar-refractivity contribution in [3.63, 3.8) is 0 Å². The Balaban J connectivity index is 2.22. The zero-order valence-corrected chi connectivity index (χ0v) is 13.6. The number of ether oxygens (including phenoxy) is 1. The van der Waals surface area contributed by atoms with Crippen LogP contribution in [-0.4, -0.2) is 63.4 Å². The van der Waals surface area contributed by atoms with Crippen LogP contribution in [0.1, 0.15) is 5.56 Å². The third kappa shape index (κ3) is 3.23. The van der Waals surface area contributed by atoms with E-state index in [2.05, 4.69) is 0 Å². The van der Waals surface area contributed by atoms with Gasteiger partial charge in [-0.25, -0.2) is 8.42 Å². The molecular formula is C14H21N3O4S. The van der Waals surface area contributed by atoms with Gasteiger partial charge in [-0.15, -0.1) is 0 Å². The quantitative estimate of drug-likeness (QED) is 0.826. The highest BCUT2D eigenvalue weighted by atomic mass is 32.2. The molecule has 1 aromatic rings. The number of amides is 1. The van der Waals surface area contributed by atoms with E-state index in [0.29, 0.717) is 18.8 Å². The standard InChI is InChI=1S/C14H21N3O4S/c1-11-3-4-12(21-2)13(9-11)22(19,20)17-7-5-16(6-8-17)14(18)10-15/h3-4,9H,5-8,10,15H2,1-2H3. The second kappa shape index (κ2) is 6.64. The molecule has 1 fully saturated rings. The van der Waals surface area contributed by atoms with Crippen LogP contribution >= 0.6 is 0 Å². The first-order chi connectivity index (χ1) is 10.4. The van der Waals surface area contributed by atoms with Gasteiger partial charge in [0.05, 0.1) is 13.7 Å². The van der Waals surface area contributed by atoms with Crippen LogP contribution in [0.2, 0.25) is 0 Å². The molecule has 0 aliphatic carbocycles. The molecule has 8 heteroatoms. The van der Waals surface area contributed by atoms with Gasteiger partial charge in [-0.2, -0.15) is 4.31 Å². The van der Waals surface area contributed by atoms with Gasteiger partial charge < -0.3 is 15.4 Å². The summed E-state index contributed by atoms with van der Waals surface area (Å²) in [7, 11) is -2.20. The van der Waals surface area contributed by atoms with E-state index in [4.69, 9.17) is 10.5 Å². The van der Waals surface area contributed by atoms with Gasteiger partial charge in [0, 0.05) is 26.2 Å². The predicted octanol–water partition coefficient (Wildman–Crippen LogP) is -0.205. The van der Waals surface area contributed by atoms with Crippen molar-refractivity contribution < 1.29 is 17.9 Å². The number of carbonyl (C=O) groups excluding carboxylic acids is 1. The SMILES string of the molecule is COc1ccc(C)cc1S(=O)(=O)N1CCN(C(=O)CN)CC1. The lowest BCUT2D eigenvalue weighted by Crippen LogP contribution is -2.51. The average molecular weight is 327 g/mol. The van der Waals surface area contributed by atoms with Crippen LogP contribution < -0.4 is 10.5 Å². The second-order valence-electron chi connectivity index (χ2n) is 5.14. The molecule has 2 rings (SSSR count). The number of benzene rings is 1. The molecule has 1 saturated heterocycles. The van der Waals surface area contributed by atoms with Gasteiger partial charge in [-0.1, -0.05) is 6.07 Å². The van der Waals surface area contributed by atoms with Crippen LogP contribution in [0.5, 0.6) is 5.75 Å². The first kappa shape index (κ1) is 16.7. The van der Waals surface area contributed by atoms with Crippen molar-refractivity contribution in [3.05, 3.63) is 23.8 Å². The van der Waals surface area contributed by atoms with Crippen LogP contribution in [0.25, 0.3) is 0 Å². The van der Waals surface area contributed by atoms with Crippen molar-refractivity contribution in [1.29, 1.82) is 0 Å². The van der Waals surface area contributed by atoms with E-state index in [1.54, 1.807) is 23.1 Å². The van der Waals surface area contributed by atoms with E-state index >= 15 is 0 Å². The van der Waals surface area contributed by atoms with Crippen LogP contribution in [0, 0.1) is 6.92 Å². The molecule has 0 radical (unpaired) electrons. The minimum atomic E-state index is -3.64. The Morgan fingerprint density at radius 1 is 1.27 bits per heavy atom. The van der Waals surface area contributed by atoms with Crippen LogP contribution in [0.4, 0.5) is 0 Å². The molecule has 2 N–H and O–H groups in total. The molecule has 7 nitrogen and oxygen atoms in total. The predicted molar refractivity (Wildman–Crippen MR) is 82.1 cm³/mol. The molecule has 1 aromatic carbocycles. The Kier molecular flexibility index (Phi) is 5.05. The number of nitrogens with zero attached hydrogens (tertiary/aromatic N) is 2. The van der Waals surface area contributed by atoms with Gasteiger partial charge in [-0.3, -0.25) is 4.79 Å². The van der Waals surface area contributed by atoms with Gasteiger partial charge in [-0.05, 0) is 24.6 Å². The molecule has 0 aromatic heterocycles. The summed E-state index contributed by atoms with van der Waals surface area (Å²) in [5.74, 6) is 0.163. The number of piperazine rings is 1. The smallest absolute Gasteiger partial charge is 0.246 e. The second-order valence-corrected chi connectivity index (χ2v) is 7.05. The highest BCUT2D eigenvalue weighted by Crippen LogP contribution is 2.28. The van der Waals surface area contributed by atoms with Crippen molar-refractivity contribution >= 4 is 15.9 Å². The fourth-order valence-corrected chi connectivity index (χ4v) is 4.09. The summed E-state index contributed by atoms with van der Waals surface area (Å²) in [6.45, 7) is 2.98. The van der Waals surface area contributed by atoms with E-state index in [1.807, 2.05) is 6.92 Å². The average Bonchev–Trinajstić information content (AvgIpc) is 2.54. The maximum Gasteiger partial charge on any atom is 0.246 e. The first-order valence-electron chi connectivity index (χ1n) is 7.02. The first-order valence-corrected chi connectivity index (χ1v) is 8.46. The molecule has 122 valence electrons. The normalized spacial score (nSPS) is 16.6. The van der Waals surface area contributed by atoms with E-state index in [1.165, 1.54) is 11.4 Å². The number of aryl methyl sites for hydroxylation is 1. The molecule has 0 unspecified atom stereocenters. The summed E-state index contributed by atoms with van der Waals surface area (Å²) in [6.07, 6.45) is 0. The number of hydrogen-bond acceptors (Lipinski definition) is 5. The van der Waals surface area contributed by atoms with Crippen molar-refractivity contribution in [2.24, 2.45) is 5.73 Å². The van der Waals surface area contributed by atoms with E-state index < -0.39 is 10.0 Å². The maximum absolute atomic E-state index is 12.8. The van der Waals surface area contributed by atoms with Crippen LogP contribution in [0.3, 0.4) is 0 Å². The zero-order valence-electron chi connectivity index (χ0n) is 12.8. The number of sulfonamides is 1. The third-order valence-corrected chi connectivity index (χ3v) is 5.62. The number of rotatable bonds is 4. The summed E-state index contributed by atoms with van der Waals surface area (Å²) in [4.78, 5) is 13.3. The highest BCUT2D eigenvalue weighted by Gasteiger charge is 2.31. The zero-order chi connectivity index (χ0) is 16.3. The lowest BCUT2D eigenvalue weighted by Gasteiger charge is -2.34. The van der Waals surface area contributed by atoms with Gasteiger partial charge in [0.2, 0.25) is 15.9 Å². The topological polar surface area (TPSA) is 92.9 Å². The van der Waals surface area contributed by atoms with Crippen molar-refractivity contribution in [2.45, 2.75) is 11.8 Å². The van der Waals surface area contributed by atoms with Crippen molar-refractivity contribution in [2.75, 3.05) is 39.8 Å². The molecule has 0 atom stereocenters. The molecule has 22 heavy (non-hydrogen) atoms. The molecule has 0 spiro atoms. The van der Waals surface area contributed by atoms with Gasteiger partial charge >= 0.3 is 0 Å². The molecule has 1 amide bonds. The number of carbonyl (C=O) groups is 1. The van der Waals surface area contributed by atoms with E-state index in [0.717, 1.165) is 5.56 Å². The summed E-state index contributed by atoms with van der Waals surface area (Å²) >= 11 is 0. The fourth-order valence-electron chi connectivity index (χ4n) is 2.43. The van der Waals surface area contributed by atoms with Gasteiger partial charge in [0.15, 0.2) is 0 Å². The van der Waals surface area contributed by atoms with E-state index in [9.17, 15) is 13.2 Å². The monoisotopic (exact) mass is 327 g/mol. The molecule has 1 aliphatic rings. The lowest BCUT2D eigenvalue weighted by molar-refractivity contribution is -0.130. The Morgan fingerprint density at radius 3 is 2.45 bits per heavy atom. The number of hydrogen-bond donors (Lipinski definition) is 1. The molecule has 0 saturated carbocycles. The van der Waals surface area contributed by atoms with Gasteiger partial charge in [0.25, 0.3) is 0 Å². The highest BCUT2D eigenvalue weighted by molar-refractivity contribution is 7.89. The fraction of sp³-hybridized carbons (Fsp3) is 0.500. The van der Waals surface area contributed by atoms with Crippen molar-refractivity contribution in [3.8, 4) is 5.75 Å². The minimum Gasteiger partial charge on any atom is -0.495 e. The lowest BCUT2D eigenvalue weighted by atomic mass is 10.2. The summed E-state index contributed by atoms with van der Waals surface area (Å²) in [6, 6.07) is 5.05. The Hall–Kier alpha value is -1.64. The summed E-state index contributed by atoms with van der Waals surface area (Å²) in [5.41, 5.74) is 6.17. The summed E-state index contributed by atoms with van der Waals surface area (Å²) in [5, 5.41) is 0. The minimum absolute atomic E-state index is 0.0571. The Labute approximate surface area is 130 Å². The largest absolute Gasteiger partial charge is 0.495 e. The van der Waals surface area contributed by atoms with Crippen molar-refractivity contribution in [1.82, 2.24) is 9.21 Å². The summed E-state index contributed by atoms with van der Waals surface area (Å²) < 4.78 is 32.1. The van der Waals surface area contributed by atoms with E-state index in [-0.39, 0.29) is 30.4 Å². The van der Waals surface area contributed by atoms with Crippen LogP contribution in [0.15, 0.2) is 23.1 Å².